The Morgan fingerprint density at radius 2 is 2.31 bits per heavy atom. The molecular weight excluding hydrogens is 178 g/mol. The highest BCUT2D eigenvalue weighted by Crippen LogP contribution is 2.20. The van der Waals surface area contributed by atoms with Crippen LogP contribution in [-0.2, 0) is 12.8 Å². The fourth-order valence-corrected chi connectivity index (χ4v) is 2.93. The molecule has 0 aliphatic carbocycles. The summed E-state index contributed by atoms with van der Waals surface area (Å²) in [6.07, 6.45) is 5.14. The van der Waals surface area contributed by atoms with Crippen molar-refractivity contribution in [2.75, 3.05) is 6.54 Å². The highest BCUT2D eigenvalue weighted by molar-refractivity contribution is 7.11. The molecule has 2 heteroatoms. The van der Waals surface area contributed by atoms with Crippen LogP contribution in [0.25, 0.3) is 0 Å². The van der Waals surface area contributed by atoms with Crippen molar-refractivity contribution in [3.05, 3.63) is 21.9 Å². The number of hydrogen-bond acceptors (Lipinski definition) is 2. The number of thiophene rings is 1. The van der Waals surface area contributed by atoms with Gasteiger partial charge in [0.15, 0.2) is 0 Å². The first-order valence-corrected chi connectivity index (χ1v) is 6.01. The Bertz CT molecular complexity index is 261. The molecule has 0 spiro atoms. The first kappa shape index (κ1) is 9.22. The minimum atomic E-state index is 0.753. The minimum Gasteiger partial charge on any atom is -0.314 e. The van der Waals surface area contributed by atoms with Gasteiger partial charge in [-0.3, -0.25) is 0 Å². The second-order valence-corrected chi connectivity index (χ2v) is 4.97. The Balaban J connectivity index is 1.92. The number of hydrogen-bond donors (Lipinski definition) is 1. The van der Waals surface area contributed by atoms with Crippen molar-refractivity contribution in [1.82, 2.24) is 5.32 Å². The Kier molecular flexibility index (Phi) is 3.01. The zero-order valence-corrected chi connectivity index (χ0v) is 8.99. The average molecular weight is 195 g/mol. The van der Waals surface area contributed by atoms with E-state index in [-0.39, 0.29) is 0 Å². The summed E-state index contributed by atoms with van der Waals surface area (Å²) < 4.78 is 0. The Morgan fingerprint density at radius 1 is 1.46 bits per heavy atom. The SMILES string of the molecule is CCc1ccc(CC2CCCN2)s1. The van der Waals surface area contributed by atoms with Crippen LogP contribution in [-0.4, -0.2) is 12.6 Å². The van der Waals surface area contributed by atoms with E-state index in [0.717, 1.165) is 6.04 Å². The van der Waals surface area contributed by atoms with Crippen LogP contribution in [0.15, 0.2) is 12.1 Å². The van der Waals surface area contributed by atoms with Crippen LogP contribution in [0.1, 0.15) is 29.5 Å². The quantitative estimate of drug-likeness (QED) is 0.781. The van der Waals surface area contributed by atoms with Gasteiger partial charge in [-0.1, -0.05) is 6.92 Å². The molecule has 0 radical (unpaired) electrons. The lowest BCUT2D eigenvalue weighted by Gasteiger charge is -2.06. The third-order valence-corrected chi connectivity index (χ3v) is 3.93. The van der Waals surface area contributed by atoms with E-state index in [1.54, 1.807) is 4.88 Å². The van der Waals surface area contributed by atoms with Crippen molar-refractivity contribution in [2.24, 2.45) is 0 Å². The fourth-order valence-electron chi connectivity index (χ4n) is 1.90. The molecule has 1 nitrogen and oxygen atoms in total. The van der Waals surface area contributed by atoms with Gasteiger partial charge in [0.2, 0.25) is 0 Å². The molecule has 1 aromatic heterocycles. The van der Waals surface area contributed by atoms with Crippen molar-refractivity contribution in [1.29, 1.82) is 0 Å². The molecule has 0 bridgehead atoms. The van der Waals surface area contributed by atoms with Crippen LogP contribution < -0.4 is 5.32 Å². The van der Waals surface area contributed by atoms with Crippen molar-refractivity contribution < 1.29 is 0 Å². The number of rotatable bonds is 3. The molecule has 1 aliphatic heterocycles. The summed E-state index contributed by atoms with van der Waals surface area (Å²) in [6.45, 7) is 3.44. The topological polar surface area (TPSA) is 12.0 Å². The summed E-state index contributed by atoms with van der Waals surface area (Å²) in [7, 11) is 0. The smallest absolute Gasteiger partial charge is 0.0116 e. The maximum atomic E-state index is 3.54. The fraction of sp³-hybridized carbons (Fsp3) is 0.636. The van der Waals surface area contributed by atoms with E-state index in [1.807, 2.05) is 11.3 Å². The van der Waals surface area contributed by atoms with Crippen LogP contribution in [0.4, 0.5) is 0 Å². The van der Waals surface area contributed by atoms with E-state index in [2.05, 4.69) is 24.4 Å². The Hall–Kier alpha value is -0.340. The predicted octanol–water partition coefficient (Wildman–Crippen LogP) is 2.61. The maximum absolute atomic E-state index is 3.54. The second kappa shape index (κ2) is 4.25. The van der Waals surface area contributed by atoms with Gasteiger partial charge in [-0.25, -0.2) is 0 Å². The standard InChI is InChI=1S/C11H17NS/c1-2-10-5-6-11(13-10)8-9-4-3-7-12-9/h5-6,9,12H,2-4,7-8H2,1H3. The van der Waals surface area contributed by atoms with Crippen molar-refractivity contribution in [3.63, 3.8) is 0 Å². The Labute approximate surface area is 84.2 Å². The molecule has 1 unspecified atom stereocenters. The highest BCUT2D eigenvalue weighted by atomic mass is 32.1. The molecule has 1 aliphatic rings. The van der Waals surface area contributed by atoms with Gasteiger partial charge in [-0.15, -0.1) is 11.3 Å². The summed E-state index contributed by atoms with van der Waals surface area (Å²) >= 11 is 1.98. The molecule has 1 saturated heterocycles. The van der Waals surface area contributed by atoms with Crippen molar-refractivity contribution in [2.45, 2.75) is 38.6 Å². The molecule has 0 amide bonds. The minimum absolute atomic E-state index is 0.753. The van der Waals surface area contributed by atoms with E-state index < -0.39 is 0 Å². The molecule has 1 fully saturated rings. The summed E-state index contributed by atoms with van der Waals surface area (Å²) in [5.74, 6) is 0. The highest BCUT2D eigenvalue weighted by Gasteiger charge is 2.14. The number of nitrogens with one attached hydrogen (secondary N) is 1. The van der Waals surface area contributed by atoms with E-state index in [0.29, 0.717) is 0 Å². The maximum Gasteiger partial charge on any atom is 0.0116 e. The van der Waals surface area contributed by atoms with Gasteiger partial charge in [0.1, 0.15) is 0 Å². The van der Waals surface area contributed by atoms with Gasteiger partial charge in [-0.2, -0.15) is 0 Å². The first-order chi connectivity index (χ1) is 6.38. The third kappa shape index (κ3) is 2.32. The van der Waals surface area contributed by atoms with Gasteiger partial charge in [0.25, 0.3) is 0 Å². The second-order valence-electron chi connectivity index (χ2n) is 3.72. The van der Waals surface area contributed by atoms with Crippen LogP contribution in [0, 0.1) is 0 Å². The molecule has 1 atom stereocenters. The van der Waals surface area contributed by atoms with Crippen LogP contribution in [0.2, 0.25) is 0 Å². The lowest BCUT2D eigenvalue weighted by Crippen LogP contribution is -2.23. The molecule has 1 N–H and O–H groups in total. The monoisotopic (exact) mass is 195 g/mol. The van der Waals surface area contributed by atoms with Gasteiger partial charge in [-0.05, 0) is 44.4 Å². The molecule has 0 saturated carbocycles. The van der Waals surface area contributed by atoms with Crippen LogP contribution in [0.5, 0.6) is 0 Å². The summed E-state index contributed by atoms with van der Waals surface area (Å²) in [6, 6.07) is 5.32. The van der Waals surface area contributed by atoms with E-state index >= 15 is 0 Å². The molecule has 13 heavy (non-hydrogen) atoms. The molecule has 0 aromatic carbocycles. The normalized spacial score (nSPS) is 22.4. The average Bonchev–Trinajstić information content (AvgIpc) is 2.76. The van der Waals surface area contributed by atoms with Gasteiger partial charge in [0.05, 0.1) is 0 Å². The molecule has 2 rings (SSSR count). The van der Waals surface area contributed by atoms with Crippen LogP contribution in [0.3, 0.4) is 0 Å². The molecule has 72 valence electrons. The van der Waals surface area contributed by atoms with E-state index in [4.69, 9.17) is 0 Å². The van der Waals surface area contributed by atoms with Gasteiger partial charge < -0.3 is 5.32 Å². The lowest BCUT2D eigenvalue weighted by atomic mass is 10.1. The van der Waals surface area contributed by atoms with Gasteiger partial charge >= 0.3 is 0 Å². The molecule has 1 aromatic rings. The lowest BCUT2D eigenvalue weighted by molar-refractivity contribution is 0.608. The molecular formula is C11H17NS. The van der Waals surface area contributed by atoms with E-state index in [1.165, 1.54) is 37.1 Å². The Morgan fingerprint density at radius 3 is 2.92 bits per heavy atom. The first-order valence-electron chi connectivity index (χ1n) is 5.19. The summed E-state index contributed by atoms with van der Waals surface area (Å²) in [5.41, 5.74) is 0. The predicted molar refractivity (Wildman–Crippen MR) is 58.4 cm³/mol. The number of aryl methyl sites for hydroxylation is 1. The summed E-state index contributed by atoms with van der Waals surface area (Å²) in [4.78, 5) is 3.07. The van der Waals surface area contributed by atoms with Crippen LogP contribution >= 0.6 is 11.3 Å². The largest absolute Gasteiger partial charge is 0.314 e. The van der Waals surface area contributed by atoms with Crippen molar-refractivity contribution >= 4 is 11.3 Å². The molecule has 2 heterocycles. The van der Waals surface area contributed by atoms with Crippen molar-refractivity contribution in [3.8, 4) is 0 Å². The van der Waals surface area contributed by atoms with E-state index in [9.17, 15) is 0 Å². The zero-order chi connectivity index (χ0) is 9.10. The van der Waals surface area contributed by atoms with Gasteiger partial charge in [0, 0.05) is 15.8 Å². The third-order valence-electron chi connectivity index (χ3n) is 2.68. The summed E-state index contributed by atoms with van der Waals surface area (Å²) in [5, 5.41) is 3.54. The zero-order valence-electron chi connectivity index (χ0n) is 8.18.